The van der Waals surface area contributed by atoms with Gasteiger partial charge < -0.3 is 4.52 Å². The second-order valence-electron chi connectivity index (χ2n) is 6.11. The van der Waals surface area contributed by atoms with Crippen LogP contribution in [0.2, 0.25) is 0 Å². The van der Waals surface area contributed by atoms with Crippen LogP contribution in [0.1, 0.15) is 5.69 Å². The van der Waals surface area contributed by atoms with Gasteiger partial charge in [-0.15, -0.1) is 0 Å². The van der Waals surface area contributed by atoms with Gasteiger partial charge in [0.1, 0.15) is 0 Å². The van der Waals surface area contributed by atoms with E-state index < -0.39 is 0 Å². The first-order valence-corrected chi connectivity index (χ1v) is 8.45. The van der Waals surface area contributed by atoms with Gasteiger partial charge in [-0.3, -0.25) is 4.98 Å². The number of nitrogens with zero attached hydrogens (tertiary/aromatic N) is 6. The molecule has 0 radical (unpaired) electrons. The minimum Gasteiger partial charge on any atom is -0.332 e. The smallest absolute Gasteiger partial charge is 0.278 e. The molecule has 5 rings (SSSR count). The summed E-state index contributed by atoms with van der Waals surface area (Å²) in [5.74, 6) is 0.824. The summed E-state index contributed by atoms with van der Waals surface area (Å²) < 4.78 is 7.17. The molecule has 130 valence electrons. The third-order valence-corrected chi connectivity index (χ3v) is 4.24. The number of aryl methyl sites for hydroxylation is 1. The second kappa shape index (κ2) is 6.14. The van der Waals surface area contributed by atoms with Crippen LogP contribution in [0.25, 0.3) is 39.9 Å². The summed E-state index contributed by atoms with van der Waals surface area (Å²) in [5, 5.41) is 8.59. The summed E-state index contributed by atoms with van der Waals surface area (Å²) >= 11 is 0. The lowest BCUT2D eigenvalue weighted by atomic mass is 10.1. The fraction of sp³-hybridized carbons (Fsp3) is 0.0500. The van der Waals surface area contributed by atoms with Gasteiger partial charge in [0.05, 0.1) is 5.69 Å². The van der Waals surface area contributed by atoms with Gasteiger partial charge in [-0.05, 0) is 25.1 Å². The molecule has 0 atom stereocenters. The Morgan fingerprint density at radius 3 is 2.56 bits per heavy atom. The number of benzene rings is 1. The average molecular weight is 354 g/mol. The first-order valence-electron chi connectivity index (χ1n) is 8.45. The topological polar surface area (TPSA) is 82.0 Å². The minimum absolute atomic E-state index is 0.347. The Morgan fingerprint density at radius 1 is 0.889 bits per heavy atom. The first-order chi connectivity index (χ1) is 13.3. The normalized spacial score (nSPS) is 11.1. The van der Waals surface area contributed by atoms with Crippen LogP contribution >= 0.6 is 0 Å². The van der Waals surface area contributed by atoms with Gasteiger partial charge in [0.25, 0.3) is 5.89 Å². The van der Waals surface area contributed by atoms with Gasteiger partial charge in [0, 0.05) is 35.3 Å². The van der Waals surface area contributed by atoms with E-state index >= 15 is 0 Å². The van der Waals surface area contributed by atoms with E-state index in [1.165, 1.54) is 0 Å². The van der Waals surface area contributed by atoms with Crippen molar-refractivity contribution in [2.24, 2.45) is 0 Å². The quantitative estimate of drug-likeness (QED) is 0.490. The predicted molar refractivity (Wildman–Crippen MR) is 99.7 cm³/mol. The molecule has 0 amide bonds. The van der Waals surface area contributed by atoms with Crippen molar-refractivity contribution in [1.29, 1.82) is 0 Å². The monoisotopic (exact) mass is 354 g/mol. The van der Waals surface area contributed by atoms with Gasteiger partial charge in [-0.2, -0.15) is 10.1 Å². The minimum atomic E-state index is 0.347. The Morgan fingerprint density at radius 2 is 1.74 bits per heavy atom. The molecule has 0 aliphatic heterocycles. The molecule has 0 fully saturated rings. The van der Waals surface area contributed by atoms with Crippen LogP contribution in [0.15, 0.2) is 71.5 Å². The molecule has 0 unspecified atom stereocenters. The Hall–Kier alpha value is -3.87. The van der Waals surface area contributed by atoms with Crippen molar-refractivity contribution >= 4 is 5.65 Å². The Kier molecular flexibility index (Phi) is 3.50. The van der Waals surface area contributed by atoms with Crippen molar-refractivity contribution in [3.8, 4) is 34.2 Å². The Labute approximate surface area is 154 Å². The molecule has 0 N–H and O–H groups in total. The summed E-state index contributed by atoms with van der Waals surface area (Å²) in [6.07, 6.45) is 3.39. The Bertz CT molecular complexity index is 1230. The van der Waals surface area contributed by atoms with Crippen LogP contribution in [0, 0.1) is 6.92 Å². The zero-order valence-electron chi connectivity index (χ0n) is 14.4. The lowest BCUT2D eigenvalue weighted by Crippen LogP contribution is -1.97. The lowest BCUT2D eigenvalue weighted by molar-refractivity contribution is 0.430. The second-order valence-corrected chi connectivity index (χ2v) is 6.11. The summed E-state index contributed by atoms with van der Waals surface area (Å²) in [6.45, 7) is 1.99. The first kappa shape index (κ1) is 15.4. The number of hydrogen-bond donors (Lipinski definition) is 0. The maximum absolute atomic E-state index is 5.40. The largest absolute Gasteiger partial charge is 0.332 e. The summed E-state index contributed by atoms with van der Waals surface area (Å²) in [4.78, 5) is 13.2. The van der Waals surface area contributed by atoms with Gasteiger partial charge in [-0.25, -0.2) is 9.50 Å². The van der Waals surface area contributed by atoms with Crippen LogP contribution in [0.4, 0.5) is 0 Å². The molecular formula is C20H14N6O. The molecule has 0 aliphatic carbocycles. The molecular weight excluding hydrogens is 340 g/mol. The number of fused-ring (bicyclic) bond motifs is 1. The zero-order valence-corrected chi connectivity index (χ0v) is 14.4. The maximum Gasteiger partial charge on any atom is 0.278 e. The van der Waals surface area contributed by atoms with Crippen molar-refractivity contribution in [3.05, 3.63) is 72.7 Å². The summed E-state index contributed by atoms with van der Waals surface area (Å²) in [6, 6.07) is 17.6. The van der Waals surface area contributed by atoms with E-state index in [1.807, 2.05) is 61.5 Å². The molecule has 1 aromatic carbocycles. The number of rotatable bonds is 3. The highest BCUT2D eigenvalue weighted by Crippen LogP contribution is 2.24. The van der Waals surface area contributed by atoms with E-state index in [0.717, 1.165) is 28.2 Å². The number of aromatic nitrogens is 6. The van der Waals surface area contributed by atoms with Crippen molar-refractivity contribution < 1.29 is 4.52 Å². The van der Waals surface area contributed by atoms with E-state index in [1.54, 1.807) is 16.9 Å². The molecule has 7 heteroatoms. The lowest BCUT2D eigenvalue weighted by Gasteiger charge is -2.04. The standard InChI is InChI=1S/C20H14N6O/c1-13-10-16(14-6-3-2-4-7-14)22-18-11-17(24-26(13)18)20-23-19(25-27-20)15-8-5-9-21-12-15/h2-12H,1H3. The van der Waals surface area contributed by atoms with Crippen LogP contribution < -0.4 is 0 Å². The van der Waals surface area contributed by atoms with Crippen LogP contribution in [0.3, 0.4) is 0 Å². The highest BCUT2D eigenvalue weighted by atomic mass is 16.5. The molecule has 27 heavy (non-hydrogen) atoms. The van der Waals surface area contributed by atoms with E-state index in [-0.39, 0.29) is 0 Å². The average Bonchev–Trinajstić information content (AvgIpc) is 3.37. The van der Waals surface area contributed by atoms with Crippen molar-refractivity contribution in [2.45, 2.75) is 6.92 Å². The van der Waals surface area contributed by atoms with Crippen molar-refractivity contribution in [2.75, 3.05) is 0 Å². The van der Waals surface area contributed by atoms with Gasteiger partial charge in [0.15, 0.2) is 11.3 Å². The van der Waals surface area contributed by atoms with Crippen molar-refractivity contribution in [1.82, 2.24) is 29.7 Å². The van der Waals surface area contributed by atoms with E-state index in [2.05, 4.69) is 20.2 Å². The molecule has 0 saturated heterocycles. The van der Waals surface area contributed by atoms with Gasteiger partial charge >= 0.3 is 0 Å². The molecule has 0 aliphatic rings. The highest BCUT2D eigenvalue weighted by molar-refractivity contribution is 5.65. The molecule has 0 bridgehead atoms. The highest BCUT2D eigenvalue weighted by Gasteiger charge is 2.16. The van der Waals surface area contributed by atoms with Crippen LogP contribution in [-0.4, -0.2) is 29.7 Å². The van der Waals surface area contributed by atoms with Crippen LogP contribution in [-0.2, 0) is 0 Å². The maximum atomic E-state index is 5.40. The van der Waals surface area contributed by atoms with E-state index in [0.29, 0.717) is 17.4 Å². The SMILES string of the molecule is Cc1cc(-c2ccccc2)nc2cc(-c3nc(-c4cccnc4)no3)nn12. The molecule has 4 heterocycles. The molecule has 0 spiro atoms. The van der Waals surface area contributed by atoms with E-state index in [4.69, 9.17) is 9.51 Å². The van der Waals surface area contributed by atoms with Crippen molar-refractivity contribution in [3.63, 3.8) is 0 Å². The van der Waals surface area contributed by atoms with Gasteiger partial charge in [-0.1, -0.05) is 35.5 Å². The predicted octanol–water partition coefficient (Wildman–Crippen LogP) is 3.82. The Balaban J connectivity index is 1.57. The summed E-state index contributed by atoms with van der Waals surface area (Å²) in [5.41, 5.74) is 5.02. The molecule has 4 aromatic heterocycles. The molecule has 7 nitrogen and oxygen atoms in total. The third kappa shape index (κ3) is 2.75. The number of hydrogen-bond acceptors (Lipinski definition) is 6. The van der Waals surface area contributed by atoms with Gasteiger partial charge in [0.2, 0.25) is 5.82 Å². The van der Waals surface area contributed by atoms with Crippen LogP contribution in [0.5, 0.6) is 0 Å². The molecule has 0 saturated carbocycles. The fourth-order valence-electron chi connectivity index (χ4n) is 2.93. The summed E-state index contributed by atoms with van der Waals surface area (Å²) in [7, 11) is 0. The fourth-order valence-corrected chi connectivity index (χ4v) is 2.93. The third-order valence-electron chi connectivity index (χ3n) is 4.24. The van der Waals surface area contributed by atoms with E-state index in [9.17, 15) is 0 Å². The number of pyridine rings is 1. The molecule has 5 aromatic rings. The zero-order chi connectivity index (χ0) is 18.2.